The van der Waals surface area contributed by atoms with Crippen molar-refractivity contribution in [1.82, 2.24) is 11.0 Å². The van der Waals surface area contributed by atoms with Crippen LogP contribution in [0, 0.1) is 4.91 Å². The fraction of sp³-hybridized carbons (Fsp3) is 1.00. The molecular formula is C3H8N3OS+. The maximum absolute atomic E-state index is 10.4. The molecule has 0 aromatic rings. The Bertz CT molecular complexity index is 86.5. The SMILES string of the molecule is O=[N+]1NNCCCS1. The smallest absolute Gasteiger partial charge is 0.182 e. The molecular weight excluding hydrogens is 126 g/mol. The Labute approximate surface area is 51.7 Å². The summed E-state index contributed by atoms with van der Waals surface area (Å²) in [6.45, 7) is 0.867. The van der Waals surface area contributed by atoms with Crippen molar-refractivity contribution in [1.29, 1.82) is 0 Å². The van der Waals surface area contributed by atoms with Crippen LogP contribution in [0.2, 0.25) is 0 Å². The number of hydrogen-bond donors (Lipinski definition) is 2. The zero-order valence-corrected chi connectivity index (χ0v) is 5.20. The van der Waals surface area contributed by atoms with E-state index in [1.807, 2.05) is 0 Å². The molecule has 0 radical (unpaired) electrons. The molecule has 0 aromatic carbocycles. The van der Waals surface area contributed by atoms with E-state index in [9.17, 15) is 4.91 Å². The average molecular weight is 134 g/mol. The lowest BCUT2D eigenvalue weighted by atomic mass is 10.5. The van der Waals surface area contributed by atoms with Crippen LogP contribution in [0.15, 0.2) is 0 Å². The molecule has 46 valence electrons. The summed E-state index contributed by atoms with van der Waals surface area (Å²) >= 11 is 1.24. The summed E-state index contributed by atoms with van der Waals surface area (Å²) in [6.07, 6.45) is 1.04. The van der Waals surface area contributed by atoms with Crippen molar-refractivity contribution in [2.75, 3.05) is 12.3 Å². The van der Waals surface area contributed by atoms with Gasteiger partial charge < -0.3 is 0 Å². The van der Waals surface area contributed by atoms with Crippen LogP contribution in [0.3, 0.4) is 0 Å². The van der Waals surface area contributed by atoms with Gasteiger partial charge in [0.2, 0.25) is 4.27 Å². The molecule has 1 heterocycles. The Morgan fingerprint density at radius 1 is 1.62 bits per heavy atom. The van der Waals surface area contributed by atoms with Crippen LogP contribution in [0.5, 0.6) is 0 Å². The van der Waals surface area contributed by atoms with Gasteiger partial charge in [-0.05, 0) is 6.42 Å². The van der Waals surface area contributed by atoms with Gasteiger partial charge in [-0.3, -0.25) is 0 Å². The van der Waals surface area contributed by atoms with E-state index in [4.69, 9.17) is 0 Å². The van der Waals surface area contributed by atoms with Crippen LogP contribution in [0.1, 0.15) is 6.42 Å². The second kappa shape index (κ2) is 2.88. The van der Waals surface area contributed by atoms with Crippen LogP contribution in [-0.4, -0.2) is 16.6 Å². The minimum Gasteiger partial charge on any atom is -0.182 e. The number of hydrazine groups is 2. The largest absolute Gasteiger partial charge is 0.253 e. The summed E-state index contributed by atoms with van der Waals surface area (Å²) in [4.78, 5) is 10.4. The Morgan fingerprint density at radius 2 is 2.50 bits per heavy atom. The van der Waals surface area contributed by atoms with Gasteiger partial charge >= 0.3 is 0 Å². The third-order valence-electron chi connectivity index (χ3n) is 0.825. The molecule has 0 aliphatic carbocycles. The van der Waals surface area contributed by atoms with Crippen LogP contribution >= 0.6 is 11.9 Å². The minimum atomic E-state index is 0.729. The highest BCUT2D eigenvalue weighted by Gasteiger charge is 2.12. The molecule has 0 bridgehead atoms. The number of hydrogen-bond acceptors (Lipinski definition) is 3. The quantitative estimate of drug-likeness (QED) is 0.356. The molecule has 4 nitrogen and oxygen atoms in total. The highest BCUT2D eigenvalue weighted by atomic mass is 32.2. The van der Waals surface area contributed by atoms with Gasteiger partial charge in [0.05, 0.1) is 10.7 Å². The van der Waals surface area contributed by atoms with Gasteiger partial charge in [-0.2, -0.15) is 5.43 Å². The van der Waals surface area contributed by atoms with E-state index in [-0.39, 0.29) is 0 Å². The van der Waals surface area contributed by atoms with Gasteiger partial charge in [-0.1, -0.05) is 5.53 Å². The van der Waals surface area contributed by atoms with Crippen molar-refractivity contribution in [3.8, 4) is 0 Å². The summed E-state index contributed by atoms with van der Waals surface area (Å²) in [5.41, 5.74) is 5.17. The molecule has 8 heavy (non-hydrogen) atoms. The zero-order valence-electron chi connectivity index (χ0n) is 4.39. The molecule has 1 aliphatic rings. The van der Waals surface area contributed by atoms with Crippen LogP contribution in [0.25, 0.3) is 0 Å². The summed E-state index contributed by atoms with van der Waals surface area (Å²) in [6, 6.07) is 0. The molecule has 2 N–H and O–H groups in total. The molecule has 0 aromatic heterocycles. The molecule has 1 fully saturated rings. The van der Waals surface area contributed by atoms with Crippen molar-refractivity contribution >= 4 is 11.9 Å². The van der Waals surface area contributed by atoms with Crippen molar-refractivity contribution in [3.05, 3.63) is 4.91 Å². The second-order valence-electron chi connectivity index (χ2n) is 1.48. The third-order valence-corrected chi connectivity index (χ3v) is 1.62. The topological polar surface area (TPSA) is 44.1 Å². The van der Waals surface area contributed by atoms with E-state index in [0.29, 0.717) is 0 Å². The molecule has 0 unspecified atom stereocenters. The minimum absolute atomic E-state index is 0.729. The lowest BCUT2D eigenvalue weighted by Crippen LogP contribution is -2.34. The second-order valence-corrected chi connectivity index (χ2v) is 2.48. The van der Waals surface area contributed by atoms with E-state index < -0.39 is 0 Å². The fourth-order valence-electron chi connectivity index (χ4n) is 0.461. The Hall–Kier alpha value is -0.290. The number of nitroso groups, excluding NO2 is 1. The summed E-state index contributed by atoms with van der Waals surface area (Å²) in [7, 11) is 0. The maximum Gasteiger partial charge on any atom is 0.253 e. The molecule has 5 heteroatoms. The molecule has 0 amide bonds. The molecule has 1 rings (SSSR count). The first kappa shape index (κ1) is 5.84. The standard InChI is InChI=1S/C3H8N3OS/c7-6-5-4-2-1-3-8-6/h4H,1-3H2,(H,5,7)/q+1. The van der Waals surface area contributed by atoms with Gasteiger partial charge in [0.25, 0.3) is 11.9 Å². The van der Waals surface area contributed by atoms with Crippen LogP contribution in [-0.2, 0) is 0 Å². The van der Waals surface area contributed by atoms with Crippen molar-refractivity contribution in [2.24, 2.45) is 0 Å². The van der Waals surface area contributed by atoms with Gasteiger partial charge in [-0.25, -0.2) is 0 Å². The number of nitrogens with one attached hydrogen (secondary N) is 2. The molecule has 1 saturated heterocycles. The molecule has 0 saturated carbocycles. The van der Waals surface area contributed by atoms with E-state index in [0.717, 1.165) is 23.0 Å². The van der Waals surface area contributed by atoms with E-state index >= 15 is 0 Å². The third kappa shape index (κ3) is 1.67. The fourth-order valence-corrected chi connectivity index (χ4v) is 1.03. The van der Waals surface area contributed by atoms with Gasteiger partial charge in [-0.15, -0.1) is 0 Å². The lowest BCUT2D eigenvalue weighted by molar-refractivity contribution is -0.455. The monoisotopic (exact) mass is 134 g/mol. The van der Waals surface area contributed by atoms with Crippen LogP contribution in [0.4, 0.5) is 0 Å². The van der Waals surface area contributed by atoms with Crippen LogP contribution < -0.4 is 11.0 Å². The Kier molecular flexibility index (Phi) is 2.11. The zero-order chi connectivity index (χ0) is 5.82. The lowest BCUT2D eigenvalue weighted by Gasteiger charge is -1.87. The van der Waals surface area contributed by atoms with Gasteiger partial charge in [0.1, 0.15) is 0 Å². The number of rotatable bonds is 0. The van der Waals surface area contributed by atoms with Gasteiger partial charge in [0, 0.05) is 6.54 Å². The van der Waals surface area contributed by atoms with Crippen molar-refractivity contribution in [3.63, 3.8) is 0 Å². The predicted molar refractivity (Wildman–Crippen MR) is 31.8 cm³/mol. The molecule has 0 atom stereocenters. The number of nitrogens with zero attached hydrogens (tertiary/aromatic N) is 1. The first-order chi connectivity index (χ1) is 3.89. The molecule has 1 aliphatic heterocycles. The first-order valence-electron chi connectivity index (χ1n) is 2.48. The van der Waals surface area contributed by atoms with Crippen molar-refractivity contribution < 1.29 is 4.27 Å². The first-order valence-corrected chi connectivity index (χ1v) is 3.42. The highest BCUT2D eigenvalue weighted by molar-refractivity contribution is 7.93. The normalized spacial score (nSPS) is 21.8. The summed E-state index contributed by atoms with van der Waals surface area (Å²) < 4.78 is 0.729. The van der Waals surface area contributed by atoms with E-state index in [2.05, 4.69) is 11.0 Å². The van der Waals surface area contributed by atoms with Gasteiger partial charge in [0.15, 0.2) is 0 Å². The predicted octanol–water partition coefficient (Wildman–Crippen LogP) is -0.174. The highest BCUT2D eigenvalue weighted by Crippen LogP contribution is 2.01. The van der Waals surface area contributed by atoms with Crippen molar-refractivity contribution in [2.45, 2.75) is 6.42 Å². The average Bonchev–Trinajstić information content (AvgIpc) is 1.94. The summed E-state index contributed by atoms with van der Waals surface area (Å²) in [5.74, 6) is 0.892. The molecule has 0 spiro atoms. The Balaban J connectivity index is 2.27. The Morgan fingerprint density at radius 3 is 3.38 bits per heavy atom. The van der Waals surface area contributed by atoms with E-state index in [1.165, 1.54) is 11.9 Å². The van der Waals surface area contributed by atoms with E-state index in [1.54, 1.807) is 0 Å². The summed E-state index contributed by atoms with van der Waals surface area (Å²) in [5, 5.41) is 0. The maximum atomic E-state index is 10.4.